The number of ether oxygens (including phenoxy) is 1. The Morgan fingerprint density at radius 3 is 2.31 bits per heavy atom. The molecule has 0 aliphatic carbocycles. The van der Waals surface area contributed by atoms with E-state index in [4.69, 9.17) is 4.74 Å². The Hall–Kier alpha value is -4.98. The van der Waals surface area contributed by atoms with Crippen molar-refractivity contribution >= 4 is 33.6 Å². The SMILES string of the molecule is CC(CN1CCC(N(C)C(=O)c2cn(Cc3cc4c(C(=O)N(C)CC5CCN(CC6CCCOC6)CC5)cn(C)c(=O)c4[nH]3)c(=O)c3[nH]ccc23)CC1)c1ccccc1. The van der Waals surface area contributed by atoms with Crippen LogP contribution in [0, 0.1) is 11.8 Å². The van der Waals surface area contributed by atoms with Gasteiger partial charge in [-0.2, -0.15) is 0 Å². The third kappa shape index (κ3) is 8.83. The molecule has 13 heteroatoms. The van der Waals surface area contributed by atoms with Crippen LogP contribution in [0.1, 0.15) is 83.3 Å². The quantitative estimate of drug-likeness (QED) is 0.179. The van der Waals surface area contributed by atoms with Gasteiger partial charge in [-0.15, -0.1) is 0 Å². The van der Waals surface area contributed by atoms with Gasteiger partial charge < -0.3 is 43.4 Å². The Morgan fingerprint density at radius 1 is 0.847 bits per heavy atom. The zero-order valence-corrected chi connectivity index (χ0v) is 35.1. The summed E-state index contributed by atoms with van der Waals surface area (Å²) in [5.41, 5.74) is 2.95. The summed E-state index contributed by atoms with van der Waals surface area (Å²) in [6.07, 6.45) is 11.2. The number of carbonyl (C=O) groups excluding carboxylic acids is 2. The van der Waals surface area contributed by atoms with Gasteiger partial charge in [0.05, 0.1) is 24.3 Å². The fourth-order valence-electron chi connectivity index (χ4n) is 9.78. The molecular weight excluding hydrogens is 745 g/mol. The number of aromatic nitrogens is 4. The number of H-pyrrole nitrogens is 2. The average molecular weight is 805 g/mol. The average Bonchev–Trinajstić information content (AvgIpc) is 3.93. The van der Waals surface area contributed by atoms with E-state index in [-0.39, 0.29) is 35.5 Å². The first kappa shape index (κ1) is 40.8. The van der Waals surface area contributed by atoms with Gasteiger partial charge in [0, 0.05) is 102 Å². The molecule has 59 heavy (non-hydrogen) atoms. The standard InChI is InChI=1S/C46H60N8O5/c1-31(34-10-6-5-7-11-34)24-52-20-15-36(16-21-52)51(4)44(56)40-29-54(46(58)41-37(40)12-17-47-41)27-35-23-38-39(28-50(3)45(57)42(38)48-35)43(55)49(2)25-32-13-18-53(19-14-32)26-33-9-8-22-59-30-33/h5-7,10-12,17,23,28-29,31-33,36,47-48H,8-9,13-16,18-22,24-27,30H2,1-4H3. The molecule has 3 saturated heterocycles. The zero-order chi connectivity index (χ0) is 41.2. The number of pyridine rings is 2. The number of piperidine rings is 2. The molecule has 2 amide bonds. The molecule has 2 unspecified atom stereocenters. The molecule has 0 spiro atoms. The summed E-state index contributed by atoms with van der Waals surface area (Å²) >= 11 is 0. The lowest BCUT2D eigenvalue weighted by Crippen LogP contribution is -2.46. The van der Waals surface area contributed by atoms with Crippen LogP contribution in [0.5, 0.6) is 0 Å². The summed E-state index contributed by atoms with van der Waals surface area (Å²) in [4.78, 5) is 70.5. The lowest BCUT2D eigenvalue weighted by atomic mass is 9.94. The minimum atomic E-state index is -0.272. The first-order valence-electron chi connectivity index (χ1n) is 21.6. The van der Waals surface area contributed by atoms with Crippen molar-refractivity contribution in [2.24, 2.45) is 18.9 Å². The lowest BCUT2D eigenvalue weighted by Gasteiger charge is -2.37. The number of rotatable bonds is 12. The molecule has 13 nitrogen and oxygen atoms in total. The van der Waals surface area contributed by atoms with Crippen molar-refractivity contribution in [2.75, 3.05) is 73.1 Å². The first-order valence-corrected chi connectivity index (χ1v) is 21.6. The van der Waals surface area contributed by atoms with Gasteiger partial charge in [0.2, 0.25) is 0 Å². The highest BCUT2D eigenvalue weighted by atomic mass is 16.5. The van der Waals surface area contributed by atoms with E-state index < -0.39 is 0 Å². The fourth-order valence-corrected chi connectivity index (χ4v) is 9.78. The van der Waals surface area contributed by atoms with Gasteiger partial charge in [0.15, 0.2) is 0 Å². The van der Waals surface area contributed by atoms with Crippen LogP contribution in [0.4, 0.5) is 0 Å². The van der Waals surface area contributed by atoms with Crippen molar-refractivity contribution in [2.45, 2.75) is 64.0 Å². The summed E-state index contributed by atoms with van der Waals surface area (Å²) in [6, 6.07) is 14.3. The van der Waals surface area contributed by atoms with Crippen molar-refractivity contribution < 1.29 is 14.3 Å². The second-order valence-electron chi connectivity index (χ2n) is 17.6. The van der Waals surface area contributed by atoms with Gasteiger partial charge in [0.25, 0.3) is 22.9 Å². The lowest BCUT2D eigenvalue weighted by molar-refractivity contribution is 0.0312. The van der Waals surface area contributed by atoms with Crippen molar-refractivity contribution in [3.05, 3.63) is 104 Å². The predicted molar refractivity (Wildman–Crippen MR) is 231 cm³/mol. The Bertz CT molecular complexity index is 2370. The summed E-state index contributed by atoms with van der Waals surface area (Å²) in [6.45, 7) is 10.7. The van der Waals surface area contributed by atoms with Crippen LogP contribution in [0.25, 0.3) is 21.8 Å². The van der Waals surface area contributed by atoms with Gasteiger partial charge in [-0.05, 0) is 87.1 Å². The van der Waals surface area contributed by atoms with Crippen LogP contribution in [-0.4, -0.2) is 130 Å². The number of likely N-dealkylation sites (tertiary alicyclic amines) is 2. The molecule has 1 aromatic carbocycles. The summed E-state index contributed by atoms with van der Waals surface area (Å²) in [5.74, 6) is 1.16. The van der Waals surface area contributed by atoms with Gasteiger partial charge in [-0.3, -0.25) is 19.2 Å². The first-order chi connectivity index (χ1) is 28.5. The zero-order valence-electron chi connectivity index (χ0n) is 35.1. The number of aryl methyl sites for hydroxylation is 1. The molecule has 3 aliphatic rings. The maximum absolute atomic E-state index is 14.2. The smallest absolute Gasteiger partial charge is 0.275 e. The van der Waals surface area contributed by atoms with Crippen LogP contribution in [0.3, 0.4) is 0 Å². The van der Waals surface area contributed by atoms with Crippen molar-refractivity contribution in [3.8, 4) is 0 Å². The molecule has 7 heterocycles. The molecule has 2 atom stereocenters. The second kappa shape index (κ2) is 17.7. The molecule has 4 aromatic heterocycles. The van der Waals surface area contributed by atoms with E-state index in [1.54, 1.807) is 42.7 Å². The van der Waals surface area contributed by atoms with E-state index in [9.17, 15) is 19.2 Å². The van der Waals surface area contributed by atoms with Crippen LogP contribution >= 0.6 is 0 Å². The molecule has 5 aromatic rings. The number of benzene rings is 1. The summed E-state index contributed by atoms with van der Waals surface area (Å²) in [5, 5.41) is 1.11. The molecule has 314 valence electrons. The van der Waals surface area contributed by atoms with Crippen LogP contribution in [0.15, 0.2) is 70.6 Å². The Morgan fingerprint density at radius 2 is 1.58 bits per heavy atom. The van der Waals surface area contributed by atoms with E-state index in [2.05, 4.69) is 51.0 Å². The van der Waals surface area contributed by atoms with Gasteiger partial charge in [-0.25, -0.2) is 0 Å². The highest BCUT2D eigenvalue weighted by Crippen LogP contribution is 2.26. The van der Waals surface area contributed by atoms with Crippen molar-refractivity contribution in [1.29, 1.82) is 0 Å². The monoisotopic (exact) mass is 804 g/mol. The summed E-state index contributed by atoms with van der Waals surface area (Å²) in [7, 11) is 5.36. The number of amides is 2. The Balaban J connectivity index is 0.952. The number of carbonyl (C=O) groups is 2. The number of fused-ring (bicyclic) bond motifs is 2. The highest BCUT2D eigenvalue weighted by Gasteiger charge is 2.30. The number of nitrogens with one attached hydrogen (secondary N) is 2. The molecule has 3 aliphatic heterocycles. The number of aromatic amines is 2. The topological polar surface area (TPSA) is 132 Å². The molecule has 0 bridgehead atoms. The van der Waals surface area contributed by atoms with Crippen LogP contribution in [0.2, 0.25) is 0 Å². The largest absolute Gasteiger partial charge is 0.381 e. The van der Waals surface area contributed by atoms with Crippen LogP contribution in [-0.2, 0) is 18.3 Å². The molecule has 8 rings (SSSR count). The minimum absolute atomic E-state index is 0.0775. The normalized spacial score (nSPS) is 19.4. The van der Waals surface area contributed by atoms with Gasteiger partial charge >= 0.3 is 0 Å². The second-order valence-corrected chi connectivity index (χ2v) is 17.6. The molecule has 2 N–H and O–H groups in total. The number of hydrogen-bond donors (Lipinski definition) is 2. The maximum atomic E-state index is 14.2. The highest BCUT2D eigenvalue weighted by molar-refractivity contribution is 6.07. The van der Waals surface area contributed by atoms with E-state index in [1.807, 2.05) is 25.1 Å². The maximum Gasteiger partial charge on any atom is 0.275 e. The predicted octanol–water partition coefficient (Wildman–Crippen LogP) is 5.11. The summed E-state index contributed by atoms with van der Waals surface area (Å²) < 4.78 is 8.65. The van der Waals surface area contributed by atoms with Gasteiger partial charge in [-0.1, -0.05) is 37.3 Å². The van der Waals surface area contributed by atoms with Crippen LogP contribution < -0.4 is 11.1 Å². The van der Waals surface area contributed by atoms with E-state index in [0.29, 0.717) is 62.9 Å². The third-order valence-electron chi connectivity index (χ3n) is 13.3. The van der Waals surface area contributed by atoms with E-state index in [1.165, 1.54) is 21.1 Å². The number of nitrogens with zero attached hydrogens (tertiary/aromatic N) is 6. The van der Waals surface area contributed by atoms with Gasteiger partial charge in [0.1, 0.15) is 11.0 Å². The molecule has 0 saturated carbocycles. The van der Waals surface area contributed by atoms with E-state index >= 15 is 0 Å². The third-order valence-corrected chi connectivity index (χ3v) is 13.3. The fraction of sp³-hybridized carbons (Fsp3) is 0.522. The van der Waals surface area contributed by atoms with Crippen molar-refractivity contribution in [1.82, 2.24) is 38.7 Å². The molecule has 3 fully saturated rings. The minimum Gasteiger partial charge on any atom is -0.381 e. The number of hydrogen-bond acceptors (Lipinski definition) is 7. The Labute approximate surface area is 345 Å². The molecule has 0 radical (unpaired) electrons. The van der Waals surface area contributed by atoms with Crippen molar-refractivity contribution in [3.63, 3.8) is 0 Å². The Kier molecular flexibility index (Phi) is 12.2. The molecular formula is C46H60N8O5. The van der Waals surface area contributed by atoms with E-state index in [0.717, 1.165) is 84.6 Å².